The van der Waals surface area contributed by atoms with Crippen molar-refractivity contribution in [3.63, 3.8) is 0 Å². The van der Waals surface area contributed by atoms with Gasteiger partial charge in [-0.15, -0.1) is 0 Å². The van der Waals surface area contributed by atoms with Crippen LogP contribution >= 0.6 is 11.6 Å². The quantitative estimate of drug-likeness (QED) is 0.420. The molecule has 0 bridgehead atoms. The number of carbonyl (C=O) groups is 2. The molecule has 1 aliphatic carbocycles. The van der Waals surface area contributed by atoms with Crippen LogP contribution in [0.25, 0.3) is 0 Å². The molecule has 1 aliphatic rings. The lowest BCUT2D eigenvalue weighted by Crippen LogP contribution is -2.52. The van der Waals surface area contributed by atoms with Crippen molar-refractivity contribution in [2.45, 2.75) is 84.0 Å². The Labute approximate surface area is 231 Å². The van der Waals surface area contributed by atoms with Gasteiger partial charge < -0.3 is 19.9 Å². The molecule has 0 aliphatic heterocycles. The van der Waals surface area contributed by atoms with Gasteiger partial charge in [0.2, 0.25) is 0 Å². The lowest BCUT2D eigenvalue weighted by atomic mass is 9.65. The second-order valence-electron chi connectivity index (χ2n) is 12.1. The largest absolute Gasteiger partial charge is 0.460 e. The average molecular weight is 542 g/mol. The molecule has 0 fully saturated rings. The zero-order chi connectivity index (χ0) is 28.3. The number of halogens is 1. The van der Waals surface area contributed by atoms with Gasteiger partial charge in [0.1, 0.15) is 11.2 Å². The van der Waals surface area contributed by atoms with Gasteiger partial charge >= 0.3 is 11.9 Å². The van der Waals surface area contributed by atoms with E-state index in [1.165, 1.54) is 0 Å². The van der Waals surface area contributed by atoms with E-state index < -0.39 is 40.6 Å². The molecule has 2 aromatic carbocycles. The Morgan fingerprint density at radius 3 is 2.11 bits per heavy atom. The highest BCUT2D eigenvalue weighted by Gasteiger charge is 2.53. The number of hydrogen-bond acceptors (Lipinski definition) is 6. The first-order valence-electron chi connectivity index (χ1n) is 13.0. The number of rotatable bonds is 7. The second-order valence-corrected chi connectivity index (χ2v) is 12.6. The normalized spacial score (nSPS) is 22.1. The zero-order valence-corrected chi connectivity index (χ0v) is 24.2. The third-order valence-corrected chi connectivity index (χ3v) is 6.53. The molecule has 2 aromatic rings. The molecule has 6 nitrogen and oxygen atoms in total. The molecular weight excluding hydrogens is 502 g/mol. The second kappa shape index (κ2) is 11.5. The molecule has 0 radical (unpaired) electrons. The fourth-order valence-electron chi connectivity index (χ4n) is 4.80. The summed E-state index contributed by atoms with van der Waals surface area (Å²) in [5, 5.41) is 15.7. The highest BCUT2D eigenvalue weighted by molar-refractivity contribution is 6.30. The Balaban J connectivity index is 2.15. The Hall–Kier alpha value is -2.83. The number of ether oxygens (including phenoxy) is 2. The maximum atomic E-state index is 13.8. The molecule has 0 aromatic heterocycles. The van der Waals surface area contributed by atoms with Crippen molar-refractivity contribution in [1.29, 1.82) is 0 Å². The maximum absolute atomic E-state index is 13.8. The summed E-state index contributed by atoms with van der Waals surface area (Å²) >= 11 is 6.18. The van der Waals surface area contributed by atoms with Crippen LogP contribution in [0.3, 0.4) is 0 Å². The number of hydrogen-bond donors (Lipinski definition) is 2. The van der Waals surface area contributed by atoms with Crippen LogP contribution in [0.4, 0.5) is 0 Å². The number of benzene rings is 2. The molecule has 38 heavy (non-hydrogen) atoms. The van der Waals surface area contributed by atoms with Crippen LogP contribution in [-0.4, -0.2) is 40.4 Å². The molecular formula is C31H40ClNO5. The minimum absolute atomic E-state index is 0.0599. The highest BCUT2D eigenvalue weighted by atomic mass is 35.5. The van der Waals surface area contributed by atoms with E-state index in [-0.39, 0.29) is 6.42 Å². The molecule has 0 saturated carbocycles. The van der Waals surface area contributed by atoms with E-state index in [1.54, 1.807) is 72.7 Å². The van der Waals surface area contributed by atoms with Gasteiger partial charge in [-0.3, -0.25) is 4.79 Å². The summed E-state index contributed by atoms with van der Waals surface area (Å²) in [6.07, 6.45) is 0.777. The lowest BCUT2D eigenvalue weighted by Gasteiger charge is -2.44. The first-order chi connectivity index (χ1) is 17.6. The summed E-state index contributed by atoms with van der Waals surface area (Å²) in [7, 11) is 0. The van der Waals surface area contributed by atoms with Crippen molar-refractivity contribution in [3.8, 4) is 0 Å². The molecule has 0 unspecified atom stereocenters. The van der Waals surface area contributed by atoms with Crippen LogP contribution in [-0.2, 0) is 25.5 Å². The Morgan fingerprint density at radius 2 is 1.55 bits per heavy atom. The van der Waals surface area contributed by atoms with Crippen molar-refractivity contribution in [3.05, 3.63) is 82.0 Å². The standard InChI is InChI=1S/C31H40ClNO5/c1-29(2,3)37-27(34)25-23(33-18-17-20-11-9-8-10-12-20)19-31(7,36)26(28(35)38-30(4,5)6)24(25)21-13-15-22(32)16-14-21/h8-16,24,26,33,36H,17-19H2,1-7H3/t24-,26+,31-/m0/s1. The summed E-state index contributed by atoms with van der Waals surface area (Å²) < 4.78 is 11.6. The third-order valence-electron chi connectivity index (χ3n) is 6.28. The monoisotopic (exact) mass is 541 g/mol. The van der Waals surface area contributed by atoms with Gasteiger partial charge in [-0.05, 0) is 78.1 Å². The third kappa shape index (κ3) is 7.84. The van der Waals surface area contributed by atoms with Crippen molar-refractivity contribution in [2.75, 3.05) is 6.54 Å². The van der Waals surface area contributed by atoms with Crippen LogP contribution < -0.4 is 5.32 Å². The molecule has 206 valence electrons. The highest BCUT2D eigenvalue weighted by Crippen LogP contribution is 2.48. The van der Waals surface area contributed by atoms with Crippen molar-refractivity contribution >= 4 is 23.5 Å². The van der Waals surface area contributed by atoms with Gasteiger partial charge in [0.15, 0.2) is 0 Å². The number of aliphatic hydroxyl groups is 1. The lowest BCUT2D eigenvalue weighted by molar-refractivity contribution is -0.171. The molecule has 0 saturated heterocycles. The predicted octanol–water partition coefficient (Wildman–Crippen LogP) is 5.96. The van der Waals surface area contributed by atoms with E-state index >= 15 is 0 Å². The van der Waals surface area contributed by atoms with Crippen LogP contribution in [0.15, 0.2) is 65.9 Å². The van der Waals surface area contributed by atoms with Crippen LogP contribution in [0.5, 0.6) is 0 Å². The molecule has 0 spiro atoms. The molecule has 7 heteroatoms. The van der Waals surface area contributed by atoms with E-state index in [1.807, 2.05) is 30.3 Å². The number of esters is 2. The van der Waals surface area contributed by atoms with E-state index in [0.717, 1.165) is 12.0 Å². The average Bonchev–Trinajstić information content (AvgIpc) is 2.76. The summed E-state index contributed by atoms with van der Waals surface area (Å²) in [4.78, 5) is 27.4. The van der Waals surface area contributed by atoms with Crippen molar-refractivity contribution in [2.24, 2.45) is 5.92 Å². The Kier molecular flexibility index (Phi) is 9.00. The Morgan fingerprint density at radius 1 is 0.974 bits per heavy atom. The molecule has 0 heterocycles. The van der Waals surface area contributed by atoms with E-state index in [9.17, 15) is 14.7 Å². The summed E-state index contributed by atoms with van der Waals surface area (Å²) in [5.41, 5.74) is -0.367. The summed E-state index contributed by atoms with van der Waals surface area (Å²) in [6.45, 7) is 12.9. The van der Waals surface area contributed by atoms with E-state index in [2.05, 4.69) is 5.32 Å². The van der Waals surface area contributed by atoms with Gasteiger partial charge in [-0.1, -0.05) is 54.1 Å². The predicted molar refractivity (Wildman–Crippen MR) is 150 cm³/mol. The van der Waals surface area contributed by atoms with E-state index in [4.69, 9.17) is 21.1 Å². The van der Waals surface area contributed by atoms with Crippen LogP contribution in [0, 0.1) is 5.92 Å². The number of carbonyl (C=O) groups excluding carboxylic acids is 2. The van der Waals surface area contributed by atoms with Gasteiger partial charge in [0.25, 0.3) is 0 Å². The molecule has 2 N–H and O–H groups in total. The Bertz CT molecular complexity index is 1160. The van der Waals surface area contributed by atoms with Gasteiger partial charge in [-0.2, -0.15) is 0 Å². The minimum Gasteiger partial charge on any atom is -0.460 e. The van der Waals surface area contributed by atoms with Gasteiger partial charge in [-0.25, -0.2) is 4.79 Å². The van der Waals surface area contributed by atoms with E-state index in [0.29, 0.717) is 28.4 Å². The fourth-order valence-corrected chi connectivity index (χ4v) is 4.93. The SMILES string of the molecule is CC(C)(C)OC(=O)C1=C(NCCc2ccccc2)C[C@](C)(O)[C@@H](C(=O)OC(C)(C)C)[C@H]1c1ccc(Cl)cc1. The minimum atomic E-state index is -1.51. The maximum Gasteiger partial charge on any atom is 0.336 e. The van der Waals surface area contributed by atoms with Gasteiger partial charge in [0.05, 0.1) is 17.1 Å². The van der Waals surface area contributed by atoms with Crippen molar-refractivity contribution < 1.29 is 24.2 Å². The van der Waals surface area contributed by atoms with Gasteiger partial charge in [0, 0.05) is 29.6 Å². The van der Waals surface area contributed by atoms with Crippen LogP contribution in [0.1, 0.15) is 71.9 Å². The summed E-state index contributed by atoms with van der Waals surface area (Å²) in [5.74, 6) is -2.99. The smallest absolute Gasteiger partial charge is 0.336 e. The van der Waals surface area contributed by atoms with Crippen molar-refractivity contribution in [1.82, 2.24) is 5.32 Å². The number of nitrogens with one attached hydrogen (secondary N) is 1. The summed E-state index contributed by atoms with van der Waals surface area (Å²) in [6, 6.07) is 17.0. The van der Waals surface area contributed by atoms with Crippen LogP contribution in [0.2, 0.25) is 5.02 Å². The molecule has 3 rings (SSSR count). The first kappa shape index (κ1) is 29.7. The zero-order valence-electron chi connectivity index (χ0n) is 23.4. The molecule has 0 amide bonds. The topological polar surface area (TPSA) is 84.9 Å². The fraction of sp³-hybridized carbons (Fsp3) is 0.484. The first-order valence-corrected chi connectivity index (χ1v) is 13.4. The molecule has 3 atom stereocenters.